The van der Waals surface area contributed by atoms with E-state index < -0.39 is 0 Å². The summed E-state index contributed by atoms with van der Waals surface area (Å²) in [6, 6.07) is 7.19. The third-order valence-corrected chi connectivity index (χ3v) is 3.07. The minimum atomic E-state index is 0. The van der Waals surface area contributed by atoms with Crippen molar-refractivity contribution in [2.24, 2.45) is 0 Å². The molecular formula is C13H19ClN2O2. The first kappa shape index (κ1) is 14.8. The molecule has 0 radical (unpaired) electrons. The summed E-state index contributed by atoms with van der Waals surface area (Å²) in [6.45, 7) is 3.34. The highest BCUT2D eigenvalue weighted by Gasteiger charge is 2.16. The molecule has 1 aliphatic heterocycles. The molecule has 0 aromatic heterocycles. The van der Waals surface area contributed by atoms with Crippen molar-refractivity contribution < 1.29 is 9.90 Å². The van der Waals surface area contributed by atoms with Gasteiger partial charge in [-0.1, -0.05) is 18.2 Å². The Morgan fingerprint density at radius 2 is 1.94 bits per heavy atom. The lowest BCUT2D eigenvalue weighted by Gasteiger charge is -2.27. The Morgan fingerprint density at radius 3 is 2.61 bits per heavy atom. The van der Waals surface area contributed by atoms with Crippen LogP contribution in [0.15, 0.2) is 24.3 Å². The Labute approximate surface area is 113 Å². The van der Waals surface area contributed by atoms with E-state index in [4.69, 9.17) is 0 Å². The van der Waals surface area contributed by atoms with Crippen molar-refractivity contribution in [2.75, 3.05) is 26.2 Å². The summed E-state index contributed by atoms with van der Waals surface area (Å²) in [4.78, 5) is 13.8. The molecule has 0 saturated carbocycles. The number of halogens is 1. The van der Waals surface area contributed by atoms with Crippen LogP contribution in [0.5, 0.6) is 5.75 Å². The fourth-order valence-electron chi connectivity index (χ4n) is 2.04. The molecule has 1 amide bonds. The van der Waals surface area contributed by atoms with Crippen molar-refractivity contribution in [1.29, 1.82) is 0 Å². The third kappa shape index (κ3) is 3.89. The van der Waals surface area contributed by atoms with Crippen molar-refractivity contribution in [3.05, 3.63) is 29.8 Å². The van der Waals surface area contributed by atoms with Gasteiger partial charge >= 0.3 is 0 Å². The Bertz CT molecular complexity index is 392. The topological polar surface area (TPSA) is 52.6 Å². The van der Waals surface area contributed by atoms with Crippen LogP contribution in [0.3, 0.4) is 0 Å². The minimum absolute atomic E-state index is 0. The van der Waals surface area contributed by atoms with E-state index in [2.05, 4.69) is 5.32 Å². The van der Waals surface area contributed by atoms with E-state index in [-0.39, 0.29) is 24.1 Å². The predicted octanol–water partition coefficient (Wildman–Crippen LogP) is 1.18. The first-order valence-electron chi connectivity index (χ1n) is 6.03. The van der Waals surface area contributed by atoms with Crippen LogP contribution in [0, 0.1) is 0 Å². The number of carbonyl (C=O) groups is 1. The lowest BCUT2D eigenvalue weighted by Crippen LogP contribution is -2.46. The summed E-state index contributed by atoms with van der Waals surface area (Å²) in [5.41, 5.74) is 0.844. The standard InChI is InChI=1S/C13H18N2O2.ClH/c16-12-4-2-1-3-11(12)5-6-13(17)15-9-7-14-8-10-15;/h1-4,14,16H,5-10H2;1H. The van der Waals surface area contributed by atoms with E-state index in [9.17, 15) is 9.90 Å². The molecule has 4 nitrogen and oxygen atoms in total. The number of nitrogens with one attached hydrogen (secondary N) is 1. The Hall–Kier alpha value is -1.26. The average Bonchev–Trinajstić information content (AvgIpc) is 2.38. The maximum atomic E-state index is 11.9. The van der Waals surface area contributed by atoms with Crippen molar-refractivity contribution >= 4 is 18.3 Å². The first-order valence-corrected chi connectivity index (χ1v) is 6.03. The summed E-state index contributed by atoms with van der Waals surface area (Å²) in [5, 5.41) is 12.8. The lowest BCUT2D eigenvalue weighted by molar-refractivity contribution is -0.131. The molecule has 1 aromatic carbocycles. The maximum Gasteiger partial charge on any atom is 0.222 e. The van der Waals surface area contributed by atoms with Crippen molar-refractivity contribution in [2.45, 2.75) is 12.8 Å². The first-order chi connectivity index (χ1) is 8.27. The number of aryl methyl sites for hydroxylation is 1. The van der Waals surface area contributed by atoms with E-state index in [1.165, 1.54) is 0 Å². The number of phenolic OH excluding ortho intramolecular Hbond substituents is 1. The summed E-state index contributed by atoms with van der Waals surface area (Å²) >= 11 is 0. The number of nitrogens with zero attached hydrogens (tertiary/aromatic N) is 1. The molecule has 2 N–H and O–H groups in total. The van der Waals surface area contributed by atoms with Gasteiger partial charge in [-0.15, -0.1) is 12.4 Å². The van der Waals surface area contributed by atoms with Crippen LogP contribution in [0.1, 0.15) is 12.0 Å². The van der Waals surface area contributed by atoms with Gasteiger partial charge in [0.1, 0.15) is 5.75 Å². The SMILES string of the molecule is Cl.O=C(CCc1ccccc1O)N1CCNCC1. The molecule has 1 heterocycles. The molecule has 0 aliphatic carbocycles. The van der Waals surface area contributed by atoms with Gasteiger partial charge in [0, 0.05) is 32.6 Å². The van der Waals surface area contributed by atoms with Gasteiger partial charge in [-0.2, -0.15) is 0 Å². The van der Waals surface area contributed by atoms with Crippen molar-refractivity contribution in [3.63, 3.8) is 0 Å². The zero-order chi connectivity index (χ0) is 12.1. The second-order valence-electron chi connectivity index (χ2n) is 4.26. The molecule has 1 aromatic rings. The van der Waals surface area contributed by atoms with E-state index in [1.807, 2.05) is 17.0 Å². The Kier molecular flexibility index (Phi) is 5.95. The summed E-state index contributed by atoms with van der Waals surface area (Å²) in [6.07, 6.45) is 1.08. The van der Waals surface area contributed by atoms with Crippen LogP contribution in [0.2, 0.25) is 0 Å². The molecule has 0 spiro atoms. The summed E-state index contributed by atoms with van der Waals surface area (Å²) < 4.78 is 0. The van der Waals surface area contributed by atoms with Gasteiger partial charge in [0.05, 0.1) is 0 Å². The molecule has 100 valence electrons. The Balaban J connectivity index is 0.00000162. The fraction of sp³-hybridized carbons (Fsp3) is 0.462. The van der Waals surface area contributed by atoms with Crippen LogP contribution in [-0.4, -0.2) is 42.1 Å². The van der Waals surface area contributed by atoms with Gasteiger partial charge in [0.2, 0.25) is 5.91 Å². The number of rotatable bonds is 3. The predicted molar refractivity (Wildman–Crippen MR) is 73.1 cm³/mol. The van der Waals surface area contributed by atoms with E-state index in [0.717, 1.165) is 31.7 Å². The number of hydrogen-bond donors (Lipinski definition) is 2. The average molecular weight is 271 g/mol. The molecule has 1 aliphatic rings. The van der Waals surface area contributed by atoms with Crippen LogP contribution in [-0.2, 0) is 11.2 Å². The van der Waals surface area contributed by atoms with Crippen molar-refractivity contribution in [3.8, 4) is 5.75 Å². The number of aromatic hydroxyl groups is 1. The summed E-state index contributed by atoms with van der Waals surface area (Å²) in [5.74, 6) is 0.454. The van der Waals surface area contributed by atoms with Gasteiger partial charge in [-0.05, 0) is 18.1 Å². The quantitative estimate of drug-likeness (QED) is 0.867. The molecule has 1 fully saturated rings. The van der Waals surface area contributed by atoms with Crippen LogP contribution >= 0.6 is 12.4 Å². The number of amides is 1. The number of hydrogen-bond acceptors (Lipinski definition) is 3. The highest BCUT2D eigenvalue weighted by atomic mass is 35.5. The van der Waals surface area contributed by atoms with Gasteiger partial charge in [0.25, 0.3) is 0 Å². The molecule has 5 heteroatoms. The molecule has 0 bridgehead atoms. The Morgan fingerprint density at radius 1 is 1.28 bits per heavy atom. The number of carbonyl (C=O) groups excluding carboxylic acids is 1. The molecule has 1 saturated heterocycles. The van der Waals surface area contributed by atoms with Crippen LogP contribution < -0.4 is 5.32 Å². The second kappa shape index (κ2) is 7.24. The lowest BCUT2D eigenvalue weighted by atomic mass is 10.1. The highest BCUT2D eigenvalue weighted by molar-refractivity contribution is 5.85. The number of phenols is 1. The molecule has 18 heavy (non-hydrogen) atoms. The molecule has 2 rings (SSSR count). The minimum Gasteiger partial charge on any atom is -0.508 e. The summed E-state index contributed by atoms with van der Waals surface area (Å²) in [7, 11) is 0. The van der Waals surface area contributed by atoms with Gasteiger partial charge in [0.15, 0.2) is 0 Å². The largest absolute Gasteiger partial charge is 0.508 e. The zero-order valence-corrected chi connectivity index (χ0v) is 11.1. The van der Waals surface area contributed by atoms with E-state index in [0.29, 0.717) is 12.8 Å². The molecular weight excluding hydrogens is 252 g/mol. The number of benzene rings is 1. The zero-order valence-electron chi connectivity index (χ0n) is 10.3. The van der Waals surface area contributed by atoms with Crippen molar-refractivity contribution in [1.82, 2.24) is 10.2 Å². The van der Waals surface area contributed by atoms with Crippen LogP contribution in [0.4, 0.5) is 0 Å². The number of piperazine rings is 1. The van der Waals surface area contributed by atoms with Gasteiger partial charge < -0.3 is 15.3 Å². The second-order valence-corrected chi connectivity index (χ2v) is 4.26. The molecule has 0 unspecified atom stereocenters. The maximum absolute atomic E-state index is 11.9. The monoisotopic (exact) mass is 270 g/mol. The van der Waals surface area contributed by atoms with E-state index >= 15 is 0 Å². The fourth-order valence-corrected chi connectivity index (χ4v) is 2.04. The van der Waals surface area contributed by atoms with Crippen LogP contribution in [0.25, 0.3) is 0 Å². The van der Waals surface area contributed by atoms with Gasteiger partial charge in [-0.25, -0.2) is 0 Å². The number of para-hydroxylation sites is 1. The highest BCUT2D eigenvalue weighted by Crippen LogP contribution is 2.17. The normalized spacial score (nSPS) is 15.0. The van der Waals surface area contributed by atoms with E-state index in [1.54, 1.807) is 12.1 Å². The molecule has 0 atom stereocenters. The third-order valence-electron chi connectivity index (χ3n) is 3.07. The van der Waals surface area contributed by atoms with Gasteiger partial charge in [-0.3, -0.25) is 4.79 Å². The smallest absolute Gasteiger partial charge is 0.222 e.